The monoisotopic (exact) mass is 233 g/mol. The Morgan fingerprint density at radius 3 is 2.41 bits per heavy atom. The molecule has 0 unspecified atom stereocenters. The second-order valence-electron chi connectivity index (χ2n) is 5.43. The number of carbonyl (C=O) groups excluding carboxylic acids is 2. The number of fused-ring (bicyclic) bond motifs is 1. The number of imide groups is 1. The van der Waals surface area contributed by atoms with Crippen LogP contribution < -0.4 is 5.32 Å². The van der Waals surface area contributed by atoms with Gasteiger partial charge in [0, 0.05) is 5.92 Å². The lowest BCUT2D eigenvalue weighted by atomic mass is 9.69. The molecule has 1 fully saturated rings. The summed E-state index contributed by atoms with van der Waals surface area (Å²) < 4.78 is 0. The fourth-order valence-corrected chi connectivity index (χ4v) is 2.95. The molecule has 0 bridgehead atoms. The van der Waals surface area contributed by atoms with E-state index in [-0.39, 0.29) is 35.5 Å². The lowest BCUT2D eigenvalue weighted by Crippen LogP contribution is -2.33. The predicted molar refractivity (Wildman–Crippen MR) is 66.0 cm³/mol. The quantitative estimate of drug-likeness (QED) is 0.556. The molecule has 0 radical (unpaired) electrons. The highest BCUT2D eigenvalue weighted by Gasteiger charge is 2.49. The second-order valence-corrected chi connectivity index (χ2v) is 5.43. The standard InChI is InChI=1S/C14H19NO2/c1-7(2)5-10-6-8(3)9(4)11-12(10)14(17)15-13(11)16/h5-6,9-12H,1-4H3,(H,15,16,17)/t9-,10+,11+,12+/m0/s1. The number of rotatable bonds is 1. The Morgan fingerprint density at radius 2 is 1.82 bits per heavy atom. The zero-order chi connectivity index (χ0) is 12.7. The highest BCUT2D eigenvalue weighted by Crippen LogP contribution is 2.42. The zero-order valence-corrected chi connectivity index (χ0v) is 10.8. The lowest BCUT2D eigenvalue weighted by Gasteiger charge is -2.32. The molecule has 17 heavy (non-hydrogen) atoms. The molecule has 92 valence electrons. The van der Waals surface area contributed by atoms with Gasteiger partial charge in [0.05, 0.1) is 11.8 Å². The van der Waals surface area contributed by atoms with Gasteiger partial charge in [-0.3, -0.25) is 14.9 Å². The molecule has 3 nitrogen and oxygen atoms in total. The largest absolute Gasteiger partial charge is 0.296 e. The van der Waals surface area contributed by atoms with Crippen LogP contribution in [0.3, 0.4) is 0 Å². The van der Waals surface area contributed by atoms with Crippen LogP contribution >= 0.6 is 0 Å². The van der Waals surface area contributed by atoms with E-state index < -0.39 is 0 Å². The topological polar surface area (TPSA) is 46.2 Å². The van der Waals surface area contributed by atoms with Crippen LogP contribution in [0, 0.1) is 23.7 Å². The maximum absolute atomic E-state index is 11.9. The number of hydrogen-bond acceptors (Lipinski definition) is 2. The van der Waals surface area contributed by atoms with Crippen molar-refractivity contribution in [1.29, 1.82) is 0 Å². The maximum Gasteiger partial charge on any atom is 0.231 e. The SMILES string of the molecule is CC(C)=C[C@@H]1C=C(C)[C@H](C)[C@H]2C(=O)NC(=O)[C@H]12. The van der Waals surface area contributed by atoms with Crippen LogP contribution in [0.25, 0.3) is 0 Å². The molecule has 0 aromatic heterocycles. The van der Waals surface area contributed by atoms with Crippen molar-refractivity contribution in [2.75, 3.05) is 0 Å². The van der Waals surface area contributed by atoms with E-state index >= 15 is 0 Å². The zero-order valence-electron chi connectivity index (χ0n) is 10.8. The average Bonchev–Trinajstić information content (AvgIpc) is 2.49. The van der Waals surface area contributed by atoms with E-state index in [0.717, 1.165) is 0 Å². The van der Waals surface area contributed by atoms with Crippen LogP contribution in [0.15, 0.2) is 23.3 Å². The molecule has 0 spiro atoms. The van der Waals surface area contributed by atoms with Gasteiger partial charge in [-0.1, -0.05) is 30.2 Å². The summed E-state index contributed by atoms with van der Waals surface area (Å²) in [5, 5.41) is 2.47. The van der Waals surface area contributed by atoms with Gasteiger partial charge >= 0.3 is 0 Å². The summed E-state index contributed by atoms with van der Waals surface area (Å²) in [5.74, 6) is -0.393. The van der Waals surface area contributed by atoms with E-state index in [0.29, 0.717) is 0 Å². The van der Waals surface area contributed by atoms with E-state index in [1.54, 1.807) is 0 Å². The van der Waals surface area contributed by atoms with Crippen LogP contribution in [-0.4, -0.2) is 11.8 Å². The average molecular weight is 233 g/mol. The molecular formula is C14H19NO2. The van der Waals surface area contributed by atoms with E-state index in [2.05, 4.69) is 17.5 Å². The summed E-state index contributed by atoms with van der Waals surface area (Å²) in [5.41, 5.74) is 2.39. The van der Waals surface area contributed by atoms with E-state index in [1.807, 2.05) is 27.7 Å². The molecule has 1 N–H and O–H groups in total. The summed E-state index contributed by atoms with van der Waals surface area (Å²) in [6.45, 7) is 8.11. The molecule has 4 atom stereocenters. The van der Waals surface area contributed by atoms with Crippen LogP contribution in [0.4, 0.5) is 0 Å². The smallest absolute Gasteiger partial charge is 0.231 e. The fraction of sp³-hybridized carbons (Fsp3) is 0.571. The van der Waals surface area contributed by atoms with Gasteiger partial charge < -0.3 is 0 Å². The highest BCUT2D eigenvalue weighted by molar-refractivity contribution is 6.06. The summed E-state index contributed by atoms with van der Waals surface area (Å²) >= 11 is 0. The van der Waals surface area contributed by atoms with Crippen molar-refractivity contribution in [3.8, 4) is 0 Å². The normalized spacial score (nSPS) is 36.1. The third-order valence-electron chi connectivity index (χ3n) is 3.89. The number of hydrogen-bond donors (Lipinski definition) is 1. The van der Waals surface area contributed by atoms with Gasteiger partial charge in [-0.2, -0.15) is 0 Å². The first kappa shape index (κ1) is 12.1. The van der Waals surface area contributed by atoms with Crippen molar-refractivity contribution < 1.29 is 9.59 Å². The highest BCUT2D eigenvalue weighted by atomic mass is 16.2. The van der Waals surface area contributed by atoms with Gasteiger partial charge in [0.15, 0.2) is 0 Å². The molecule has 2 amide bonds. The third-order valence-corrected chi connectivity index (χ3v) is 3.89. The summed E-state index contributed by atoms with van der Waals surface area (Å²) in [4.78, 5) is 23.7. The fourth-order valence-electron chi connectivity index (χ4n) is 2.95. The van der Waals surface area contributed by atoms with Crippen molar-refractivity contribution in [3.05, 3.63) is 23.3 Å². The van der Waals surface area contributed by atoms with E-state index in [4.69, 9.17) is 0 Å². The molecule has 2 rings (SSSR count). The Morgan fingerprint density at radius 1 is 1.24 bits per heavy atom. The van der Waals surface area contributed by atoms with Crippen molar-refractivity contribution >= 4 is 11.8 Å². The number of nitrogens with one attached hydrogen (secondary N) is 1. The first-order chi connectivity index (χ1) is 7.91. The third kappa shape index (κ3) is 1.94. The van der Waals surface area contributed by atoms with Crippen LogP contribution in [0.1, 0.15) is 27.7 Å². The summed E-state index contributed by atoms with van der Waals surface area (Å²) in [6, 6.07) is 0. The van der Waals surface area contributed by atoms with Gasteiger partial charge in [-0.05, 0) is 26.7 Å². The Bertz CT molecular complexity index is 430. The molecule has 0 aromatic rings. The molecule has 3 heteroatoms. The van der Waals surface area contributed by atoms with Gasteiger partial charge in [0.1, 0.15) is 0 Å². The molecule has 2 aliphatic rings. The van der Waals surface area contributed by atoms with Gasteiger partial charge in [0.25, 0.3) is 0 Å². The van der Waals surface area contributed by atoms with E-state index in [9.17, 15) is 9.59 Å². The minimum Gasteiger partial charge on any atom is -0.296 e. The van der Waals surface area contributed by atoms with Crippen molar-refractivity contribution in [3.63, 3.8) is 0 Å². The van der Waals surface area contributed by atoms with Crippen molar-refractivity contribution in [2.45, 2.75) is 27.7 Å². The molecule has 0 saturated carbocycles. The number of carbonyl (C=O) groups is 2. The van der Waals surface area contributed by atoms with Crippen LogP contribution in [0.2, 0.25) is 0 Å². The Hall–Kier alpha value is -1.38. The van der Waals surface area contributed by atoms with Crippen molar-refractivity contribution in [2.24, 2.45) is 23.7 Å². The van der Waals surface area contributed by atoms with Crippen LogP contribution in [0.5, 0.6) is 0 Å². The summed E-state index contributed by atoms with van der Waals surface area (Å²) in [7, 11) is 0. The predicted octanol–water partition coefficient (Wildman–Crippen LogP) is 2.05. The second kappa shape index (κ2) is 4.13. The molecular weight excluding hydrogens is 214 g/mol. The van der Waals surface area contributed by atoms with Gasteiger partial charge in [-0.15, -0.1) is 0 Å². The molecule has 1 saturated heterocycles. The number of amides is 2. The molecule has 1 aliphatic heterocycles. The van der Waals surface area contributed by atoms with Crippen LogP contribution in [-0.2, 0) is 9.59 Å². The van der Waals surface area contributed by atoms with Crippen molar-refractivity contribution in [1.82, 2.24) is 5.32 Å². The van der Waals surface area contributed by atoms with Gasteiger partial charge in [-0.25, -0.2) is 0 Å². The Balaban J connectivity index is 2.44. The Labute approximate surface area is 102 Å². The maximum atomic E-state index is 11.9. The first-order valence-corrected chi connectivity index (χ1v) is 6.10. The molecule has 0 aromatic carbocycles. The van der Waals surface area contributed by atoms with Gasteiger partial charge in [0.2, 0.25) is 11.8 Å². The molecule has 1 heterocycles. The number of allylic oxidation sites excluding steroid dienone is 4. The Kier molecular flexibility index (Phi) is 2.94. The lowest BCUT2D eigenvalue weighted by molar-refractivity contribution is -0.126. The van der Waals surface area contributed by atoms with E-state index in [1.165, 1.54) is 11.1 Å². The minimum absolute atomic E-state index is 0.0626. The minimum atomic E-state index is -0.212. The first-order valence-electron chi connectivity index (χ1n) is 6.10. The molecule has 1 aliphatic carbocycles. The summed E-state index contributed by atoms with van der Waals surface area (Å²) in [6.07, 6.45) is 4.22.